The van der Waals surface area contributed by atoms with E-state index in [-0.39, 0.29) is 12.5 Å². The first kappa shape index (κ1) is 20.8. The van der Waals surface area contributed by atoms with Gasteiger partial charge in [0.05, 0.1) is 17.7 Å². The molecule has 2 N–H and O–H groups in total. The minimum absolute atomic E-state index is 0.157. The van der Waals surface area contributed by atoms with Crippen LogP contribution in [-0.2, 0) is 9.59 Å². The van der Waals surface area contributed by atoms with E-state index in [4.69, 9.17) is 26.8 Å². The van der Waals surface area contributed by atoms with E-state index >= 15 is 0 Å². The van der Waals surface area contributed by atoms with Crippen molar-refractivity contribution in [3.05, 3.63) is 58.0 Å². The maximum atomic E-state index is 12.6. The first-order chi connectivity index (χ1) is 13.9. The highest BCUT2D eigenvalue weighted by Crippen LogP contribution is 2.35. The molecular weight excluding hydrogens is 414 g/mol. The Balaban J connectivity index is 1.83. The normalized spacial score (nSPS) is 16.5. The number of benzene rings is 2. The fourth-order valence-electron chi connectivity index (χ4n) is 2.47. The van der Waals surface area contributed by atoms with Crippen molar-refractivity contribution in [2.24, 2.45) is 10.7 Å². The Morgan fingerprint density at radius 3 is 2.62 bits per heavy atom. The first-order valence-corrected chi connectivity index (χ1v) is 9.68. The number of nitrogens with two attached hydrogens (primary N) is 1. The molecular formula is C20H18ClN3O4S. The molecule has 1 aliphatic heterocycles. The second-order valence-corrected chi connectivity index (χ2v) is 7.46. The Kier molecular flexibility index (Phi) is 6.46. The van der Waals surface area contributed by atoms with Crippen molar-refractivity contribution in [3.8, 4) is 11.5 Å². The minimum Gasteiger partial charge on any atom is -0.493 e. The highest BCUT2D eigenvalue weighted by Gasteiger charge is 2.30. The van der Waals surface area contributed by atoms with Gasteiger partial charge in [0.2, 0.25) is 0 Å². The number of carbonyl (C=O) groups excluding carboxylic acids is 2. The van der Waals surface area contributed by atoms with Crippen LogP contribution in [0.15, 0.2) is 52.4 Å². The number of likely N-dealkylation sites (N-methyl/N-ethyl adjacent to an activating group) is 1. The number of rotatable bonds is 6. The largest absolute Gasteiger partial charge is 0.493 e. The number of aliphatic imine (C=N–C) groups is 1. The lowest BCUT2D eigenvalue weighted by molar-refractivity contribution is -0.121. The molecule has 2 aromatic rings. The summed E-state index contributed by atoms with van der Waals surface area (Å²) in [5.41, 5.74) is 6.54. The van der Waals surface area contributed by atoms with Crippen LogP contribution >= 0.6 is 23.4 Å². The van der Waals surface area contributed by atoms with Gasteiger partial charge in [-0.05, 0) is 59.8 Å². The van der Waals surface area contributed by atoms with E-state index < -0.39 is 5.91 Å². The number of hydrogen-bond donors (Lipinski definition) is 1. The molecule has 0 spiro atoms. The first-order valence-electron chi connectivity index (χ1n) is 8.48. The Morgan fingerprint density at radius 2 is 1.97 bits per heavy atom. The summed E-state index contributed by atoms with van der Waals surface area (Å²) in [4.78, 5) is 30.0. The van der Waals surface area contributed by atoms with Crippen LogP contribution in [0, 0.1) is 0 Å². The summed E-state index contributed by atoms with van der Waals surface area (Å²) in [7, 11) is 3.16. The van der Waals surface area contributed by atoms with Gasteiger partial charge in [-0.15, -0.1) is 0 Å². The summed E-state index contributed by atoms with van der Waals surface area (Å²) >= 11 is 7.17. The molecule has 0 aromatic heterocycles. The maximum absolute atomic E-state index is 12.6. The Labute approximate surface area is 177 Å². The number of methoxy groups -OCH3 is 1. The summed E-state index contributed by atoms with van der Waals surface area (Å²) in [6.45, 7) is -0.250. The third kappa shape index (κ3) is 5.10. The van der Waals surface area contributed by atoms with E-state index in [0.29, 0.717) is 32.3 Å². The van der Waals surface area contributed by atoms with Crippen molar-refractivity contribution in [2.75, 3.05) is 20.8 Å². The molecule has 2 aromatic carbocycles. The standard InChI is InChI=1S/C20H18ClN3O4S/c1-24-19(26)17(29-20(24)23-14-6-4-13(21)5-7-14)10-12-3-8-15(16(9-12)27-2)28-11-18(22)25/h3-10H,11H2,1-2H3,(H2,22,25)/b17-10+,23-20?. The Bertz CT molecular complexity index is 1010. The number of halogens is 1. The lowest BCUT2D eigenvalue weighted by Crippen LogP contribution is -2.23. The summed E-state index contributed by atoms with van der Waals surface area (Å²) in [6.07, 6.45) is 1.74. The molecule has 0 aliphatic carbocycles. The summed E-state index contributed by atoms with van der Waals surface area (Å²) in [5.74, 6) is 0.0814. The number of thioether (sulfide) groups is 1. The molecule has 29 heavy (non-hydrogen) atoms. The quantitative estimate of drug-likeness (QED) is 0.707. The Morgan fingerprint density at radius 1 is 1.24 bits per heavy atom. The molecule has 150 valence electrons. The predicted octanol–water partition coefficient (Wildman–Crippen LogP) is 3.45. The number of ether oxygens (including phenoxy) is 2. The number of amides is 2. The third-order valence-corrected chi connectivity index (χ3v) is 5.22. The molecule has 3 rings (SSSR count). The second-order valence-electron chi connectivity index (χ2n) is 6.01. The number of hydrogen-bond acceptors (Lipinski definition) is 6. The molecule has 2 amide bonds. The average molecular weight is 432 g/mol. The molecule has 9 heteroatoms. The van der Waals surface area contributed by atoms with E-state index in [1.54, 1.807) is 55.6 Å². The van der Waals surface area contributed by atoms with Gasteiger partial charge >= 0.3 is 0 Å². The smallest absolute Gasteiger partial charge is 0.266 e. The van der Waals surface area contributed by atoms with Gasteiger partial charge in [-0.1, -0.05) is 17.7 Å². The highest BCUT2D eigenvalue weighted by molar-refractivity contribution is 8.18. The summed E-state index contributed by atoms with van der Waals surface area (Å²) < 4.78 is 10.6. The zero-order chi connectivity index (χ0) is 21.0. The zero-order valence-electron chi connectivity index (χ0n) is 15.7. The van der Waals surface area contributed by atoms with Gasteiger partial charge < -0.3 is 15.2 Å². The van der Waals surface area contributed by atoms with E-state index in [0.717, 1.165) is 5.56 Å². The van der Waals surface area contributed by atoms with Gasteiger partial charge in [-0.2, -0.15) is 0 Å². The van der Waals surface area contributed by atoms with Gasteiger partial charge in [-0.3, -0.25) is 14.5 Å². The molecule has 0 unspecified atom stereocenters. The summed E-state index contributed by atoms with van der Waals surface area (Å²) in [6, 6.07) is 12.2. The Hall–Kier alpha value is -2.97. The highest BCUT2D eigenvalue weighted by atomic mass is 35.5. The van der Waals surface area contributed by atoms with Gasteiger partial charge in [0.15, 0.2) is 23.3 Å². The van der Waals surface area contributed by atoms with Crippen molar-refractivity contribution in [1.82, 2.24) is 4.90 Å². The van der Waals surface area contributed by atoms with Crippen molar-refractivity contribution in [1.29, 1.82) is 0 Å². The lowest BCUT2D eigenvalue weighted by Gasteiger charge is -2.10. The van der Waals surface area contributed by atoms with Gasteiger partial charge in [0.25, 0.3) is 11.8 Å². The molecule has 1 saturated heterocycles. The SMILES string of the molecule is COc1cc(/C=C2/SC(=Nc3ccc(Cl)cc3)N(C)C2=O)ccc1OCC(N)=O. The van der Waals surface area contributed by atoms with Crippen LogP contribution < -0.4 is 15.2 Å². The van der Waals surface area contributed by atoms with Crippen LogP contribution in [0.4, 0.5) is 5.69 Å². The molecule has 1 aliphatic rings. The van der Waals surface area contributed by atoms with E-state index in [2.05, 4.69) is 4.99 Å². The van der Waals surface area contributed by atoms with Crippen LogP contribution in [0.25, 0.3) is 6.08 Å². The fraction of sp³-hybridized carbons (Fsp3) is 0.150. The number of nitrogens with zero attached hydrogens (tertiary/aromatic N) is 2. The van der Waals surface area contributed by atoms with Crippen molar-refractivity contribution >= 4 is 52.1 Å². The molecule has 0 atom stereocenters. The van der Waals surface area contributed by atoms with Crippen molar-refractivity contribution < 1.29 is 19.1 Å². The van der Waals surface area contributed by atoms with Gasteiger partial charge in [-0.25, -0.2) is 4.99 Å². The van der Waals surface area contributed by atoms with E-state index in [1.165, 1.54) is 23.8 Å². The number of carbonyl (C=O) groups is 2. The lowest BCUT2D eigenvalue weighted by atomic mass is 10.2. The third-order valence-electron chi connectivity index (χ3n) is 3.91. The molecule has 0 bridgehead atoms. The van der Waals surface area contributed by atoms with Crippen LogP contribution in [-0.4, -0.2) is 42.6 Å². The topological polar surface area (TPSA) is 94.2 Å². The van der Waals surface area contributed by atoms with Gasteiger partial charge in [0, 0.05) is 12.1 Å². The number of primary amides is 1. The average Bonchev–Trinajstić information content (AvgIpc) is 2.96. The fourth-order valence-corrected chi connectivity index (χ4v) is 3.58. The zero-order valence-corrected chi connectivity index (χ0v) is 17.3. The van der Waals surface area contributed by atoms with Crippen LogP contribution in [0.1, 0.15) is 5.56 Å². The van der Waals surface area contributed by atoms with Crippen molar-refractivity contribution in [3.63, 3.8) is 0 Å². The van der Waals surface area contributed by atoms with Crippen LogP contribution in [0.3, 0.4) is 0 Å². The minimum atomic E-state index is -0.582. The predicted molar refractivity (Wildman–Crippen MR) is 115 cm³/mol. The van der Waals surface area contributed by atoms with E-state index in [1.807, 2.05) is 0 Å². The summed E-state index contributed by atoms with van der Waals surface area (Å²) in [5, 5.41) is 1.19. The molecule has 0 radical (unpaired) electrons. The molecule has 1 heterocycles. The van der Waals surface area contributed by atoms with Gasteiger partial charge in [0.1, 0.15) is 0 Å². The molecule has 0 saturated carbocycles. The molecule has 1 fully saturated rings. The number of amidine groups is 1. The monoisotopic (exact) mass is 431 g/mol. The maximum Gasteiger partial charge on any atom is 0.266 e. The van der Waals surface area contributed by atoms with Crippen LogP contribution in [0.5, 0.6) is 11.5 Å². The van der Waals surface area contributed by atoms with E-state index in [9.17, 15) is 9.59 Å². The van der Waals surface area contributed by atoms with Crippen molar-refractivity contribution in [2.45, 2.75) is 0 Å². The second kappa shape index (κ2) is 9.02. The van der Waals surface area contributed by atoms with Crippen LogP contribution in [0.2, 0.25) is 5.02 Å². The molecule has 7 nitrogen and oxygen atoms in total.